The number of hydrogen-bond acceptors (Lipinski definition) is 2. The molecule has 28 heavy (non-hydrogen) atoms. The van der Waals surface area contributed by atoms with Gasteiger partial charge in [-0.2, -0.15) is 0 Å². The van der Waals surface area contributed by atoms with Gasteiger partial charge in [-0.05, 0) is 42.5 Å². The molecule has 3 heterocycles. The maximum Gasteiger partial charge on any atom is 0.258 e. The highest BCUT2D eigenvalue weighted by atomic mass is 16.2. The van der Waals surface area contributed by atoms with Gasteiger partial charge in [-0.1, -0.05) is 42.5 Å². The molecule has 5 nitrogen and oxygen atoms in total. The fraction of sp³-hybridized carbons (Fsp3) is 0.217. The molecule has 1 saturated heterocycles. The number of aromatic amines is 1. The Kier molecular flexibility index (Phi) is 4.01. The van der Waals surface area contributed by atoms with Crippen molar-refractivity contribution in [2.75, 3.05) is 13.1 Å². The Hall–Kier alpha value is -3.34. The van der Waals surface area contributed by atoms with Crippen molar-refractivity contribution in [3.8, 4) is 0 Å². The van der Waals surface area contributed by atoms with Gasteiger partial charge < -0.3 is 14.3 Å². The van der Waals surface area contributed by atoms with Gasteiger partial charge in [0.25, 0.3) is 11.5 Å². The van der Waals surface area contributed by atoms with Crippen molar-refractivity contribution in [2.24, 2.45) is 0 Å². The van der Waals surface area contributed by atoms with E-state index in [2.05, 4.69) is 29.2 Å². The van der Waals surface area contributed by atoms with Crippen molar-refractivity contribution >= 4 is 22.5 Å². The first-order valence-electron chi connectivity index (χ1n) is 9.68. The van der Waals surface area contributed by atoms with Gasteiger partial charge in [0.05, 0.1) is 16.5 Å². The first kappa shape index (κ1) is 16.8. The van der Waals surface area contributed by atoms with Gasteiger partial charge in [0.1, 0.15) is 5.65 Å². The molecule has 1 N–H and O–H groups in total. The van der Waals surface area contributed by atoms with E-state index in [1.165, 1.54) is 5.56 Å². The standard InChI is InChI=1S/C23H21N3O2/c27-22-19-8-4-5-9-20(19)26-15-18(14-21(26)24-22)23(28)25-12-10-17(11-13-25)16-6-2-1-3-7-16/h1-9,14-15,17H,10-13H2,(H,24,27). The SMILES string of the molecule is O=C(c1cc2[nH]c(=O)c3ccccc3n2c1)N1CCC(c2ccccc2)CC1. The van der Waals surface area contributed by atoms with Crippen LogP contribution in [0.4, 0.5) is 0 Å². The van der Waals surface area contributed by atoms with E-state index in [-0.39, 0.29) is 11.5 Å². The molecule has 1 aliphatic heterocycles. The molecule has 1 aliphatic rings. The molecule has 0 bridgehead atoms. The van der Waals surface area contributed by atoms with Crippen molar-refractivity contribution < 1.29 is 4.79 Å². The van der Waals surface area contributed by atoms with Gasteiger partial charge in [-0.15, -0.1) is 0 Å². The van der Waals surface area contributed by atoms with Crippen molar-refractivity contribution in [3.63, 3.8) is 0 Å². The van der Waals surface area contributed by atoms with E-state index in [1.807, 2.05) is 39.8 Å². The van der Waals surface area contributed by atoms with E-state index in [4.69, 9.17) is 0 Å². The Morgan fingerprint density at radius 2 is 1.68 bits per heavy atom. The van der Waals surface area contributed by atoms with Crippen LogP contribution >= 0.6 is 0 Å². The molecular formula is C23H21N3O2. The number of hydrogen-bond donors (Lipinski definition) is 1. The summed E-state index contributed by atoms with van der Waals surface area (Å²) >= 11 is 0. The molecule has 2 aromatic heterocycles. The molecule has 1 fully saturated rings. The van der Waals surface area contributed by atoms with Crippen molar-refractivity contribution in [2.45, 2.75) is 18.8 Å². The minimum absolute atomic E-state index is 0.0279. The summed E-state index contributed by atoms with van der Waals surface area (Å²) in [5, 5.41) is 0.619. The van der Waals surface area contributed by atoms with Gasteiger partial charge in [-0.3, -0.25) is 9.59 Å². The Labute approximate surface area is 162 Å². The minimum Gasteiger partial charge on any atom is -0.339 e. The maximum atomic E-state index is 13.1. The van der Waals surface area contributed by atoms with Crippen LogP contribution in [0.25, 0.3) is 16.6 Å². The summed E-state index contributed by atoms with van der Waals surface area (Å²) in [6, 6.07) is 19.7. The van der Waals surface area contributed by atoms with Crippen LogP contribution in [0.5, 0.6) is 0 Å². The molecule has 0 saturated carbocycles. The van der Waals surface area contributed by atoms with Crippen LogP contribution in [-0.2, 0) is 0 Å². The zero-order chi connectivity index (χ0) is 19.1. The van der Waals surface area contributed by atoms with E-state index in [1.54, 1.807) is 12.1 Å². The second-order valence-electron chi connectivity index (χ2n) is 7.43. The molecule has 0 spiro atoms. The largest absolute Gasteiger partial charge is 0.339 e. The number of carbonyl (C=O) groups is 1. The van der Waals surface area contributed by atoms with E-state index in [9.17, 15) is 9.59 Å². The van der Waals surface area contributed by atoms with E-state index < -0.39 is 0 Å². The molecule has 5 heteroatoms. The second-order valence-corrected chi connectivity index (χ2v) is 7.43. The number of likely N-dealkylation sites (tertiary alicyclic amines) is 1. The van der Waals surface area contributed by atoms with Gasteiger partial charge in [-0.25, -0.2) is 0 Å². The number of piperidine rings is 1. The van der Waals surface area contributed by atoms with Crippen molar-refractivity contribution in [1.29, 1.82) is 0 Å². The van der Waals surface area contributed by atoms with Crippen molar-refractivity contribution in [3.05, 3.63) is 88.3 Å². The number of fused-ring (bicyclic) bond motifs is 3. The number of rotatable bonds is 2. The van der Waals surface area contributed by atoms with Crippen LogP contribution in [0.15, 0.2) is 71.7 Å². The Morgan fingerprint density at radius 1 is 0.964 bits per heavy atom. The molecule has 2 aromatic carbocycles. The highest BCUT2D eigenvalue weighted by molar-refractivity contribution is 5.96. The second kappa shape index (κ2) is 6.68. The number of aromatic nitrogens is 2. The lowest BCUT2D eigenvalue weighted by molar-refractivity contribution is 0.0713. The predicted octanol–water partition coefficient (Wildman–Crippen LogP) is 3.80. The molecular weight excluding hydrogens is 350 g/mol. The monoisotopic (exact) mass is 371 g/mol. The number of benzene rings is 2. The number of carbonyl (C=O) groups excluding carboxylic acids is 1. The lowest BCUT2D eigenvalue weighted by atomic mass is 9.89. The summed E-state index contributed by atoms with van der Waals surface area (Å²) in [7, 11) is 0. The maximum absolute atomic E-state index is 13.1. The Balaban J connectivity index is 1.41. The molecule has 4 aromatic rings. The highest BCUT2D eigenvalue weighted by Gasteiger charge is 2.25. The average molecular weight is 371 g/mol. The number of nitrogens with one attached hydrogen (secondary N) is 1. The first-order chi connectivity index (χ1) is 13.7. The molecule has 140 valence electrons. The van der Waals surface area contributed by atoms with Crippen LogP contribution in [0.3, 0.4) is 0 Å². The molecule has 0 unspecified atom stereocenters. The van der Waals surface area contributed by atoms with E-state index in [0.717, 1.165) is 31.4 Å². The van der Waals surface area contributed by atoms with Gasteiger partial charge in [0.15, 0.2) is 0 Å². The fourth-order valence-electron chi connectivity index (χ4n) is 4.26. The average Bonchev–Trinajstić information content (AvgIpc) is 3.18. The Bertz CT molecular complexity index is 1220. The fourth-order valence-corrected chi connectivity index (χ4v) is 4.26. The predicted molar refractivity (Wildman–Crippen MR) is 110 cm³/mol. The lowest BCUT2D eigenvalue weighted by Gasteiger charge is -2.32. The quantitative estimate of drug-likeness (QED) is 0.583. The summed E-state index contributed by atoms with van der Waals surface area (Å²) in [6.07, 6.45) is 3.78. The smallest absolute Gasteiger partial charge is 0.258 e. The van der Waals surface area contributed by atoms with Crippen molar-refractivity contribution in [1.82, 2.24) is 14.3 Å². The van der Waals surface area contributed by atoms with Gasteiger partial charge >= 0.3 is 0 Å². The summed E-state index contributed by atoms with van der Waals surface area (Å²) in [5.74, 6) is 0.541. The van der Waals surface area contributed by atoms with Gasteiger partial charge in [0.2, 0.25) is 0 Å². The van der Waals surface area contributed by atoms with Crippen LogP contribution < -0.4 is 5.56 Å². The van der Waals surface area contributed by atoms with Crippen LogP contribution in [0, 0.1) is 0 Å². The summed E-state index contributed by atoms with van der Waals surface area (Å²) < 4.78 is 1.89. The summed E-state index contributed by atoms with van der Waals surface area (Å²) in [5.41, 5.74) is 3.29. The number of nitrogens with zero attached hydrogens (tertiary/aromatic N) is 2. The minimum atomic E-state index is -0.135. The van der Waals surface area contributed by atoms with Gasteiger partial charge in [0, 0.05) is 19.3 Å². The third-order valence-corrected chi connectivity index (χ3v) is 5.77. The zero-order valence-corrected chi connectivity index (χ0v) is 15.5. The molecule has 0 atom stereocenters. The molecule has 0 radical (unpaired) electrons. The zero-order valence-electron chi connectivity index (χ0n) is 15.5. The summed E-state index contributed by atoms with van der Waals surface area (Å²) in [6.45, 7) is 1.50. The number of H-pyrrole nitrogens is 1. The molecule has 5 rings (SSSR count). The normalized spacial score (nSPS) is 15.4. The first-order valence-corrected chi connectivity index (χ1v) is 9.68. The molecule has 0 aliphatic carbocycles. The van der Waals surface area contributed by atoms with Crippen LogP contribution in [0.1, 0.15) is 34.7 Å². The highest BCUT2D eigenvalue weighted by Crippen LogP contribution is 2.28. The van der Waals surface area contributed by atoms with E-state index >= 15 is 0 Å². The van der Waals surface area contributed by atoms with E-state index in [0.29, 0.717) is 22.5 Å². The third kappa shape index (κ3) is 2.80. The third-order valence-electron chi connectivity index (χ3n) is 5.77. The lowest BCUT2D eigenvalue weighted by Crippen LogP contribution is -2.37. The number of amides is 1. The van der Waals surface area contributed by atoms with Crippen LogP contribution in [0.2, 0.25) is 0 Å². The summed E-state index contributed by atoms with van der Waals surface area (Å²) in [4.78, 5) is 30.1. The molecule has 1 amide bonds. The van der Waals surface area contributed by atoms with Crippen LogP contribution in [-0.4, -0.2) is 33.3 Å². The Morgan fingerprint density at radius 3 is 2.46 bits per heavy atom. The number of para-hydroxylation sites is 1. The topological polar surface area (TPSA) is 57.6 Å².